The van der Waals surface area contributed by atoms with E-state index in [1.165, 1.54) is 49.4 Å². The highest BCUT2D eigenvalue weighted by molar-refractivity contribution is 7.52. The standard InChI is InChI=1S/C29H33ClFN4O9P/c1-17(2)42-26(38)18(3)34-45(40,44-21-8-6-5-7-9-21)41-16-22-24(36)29(4,31)27(43-22)35-15-14-23(33-28(35)39)32-25(37)19-10-12-20(30)13-11-19/h5-15,17-18,22,24,27,36H,16H2,1-4H3,(H,34,40)(H,32,33,37,39)/t18-,22+,24+,27+,29+,45-/m0/s1. The van der Waals surface area contributed by atoms with E-state index < -0.39 is 68.2 Å². The summed E-state index contributed by atoms with van der Waals surface area (Å²) in [4.78, 5) is 41.5. The maximum absolute atomic E-state index is 15.9. The number of alkyl halides is 1. The molecule has 3 aromatic rings. The lowest BCUT2D eigenvalue weighted by atomic mass is 9.98. The molecule has 0 bridgehead atoms. The number of ether oxygens (including phenoxy) is 2. The van der Waals surface area contributed by atoms with Crippen LogP contribution < -0.4 is 20.6 Å². The van der Waals surface area contributed by atoms with Gasteiger partial charge in [-0.1, -0.05) is 29.8 Å². The lowest BCUT2D eigenvalue weighted by Crippen LogP contribution is -2.43. The first-order chi connectivity index (χ1) is 21.2. The van der Waals surface area contributed by atoms with Crippen molar-refractivity contribution in [1.29, 1.82) is 0 Å². The SMILES string of the molecule is CC(C)OC(=O)[C@H](C)N[P@](=O)(OC[C@H]1O[C@@H](n2ccc(NC(=O)c3ccc(Cl)cc3)nc2=O)[C@](C)(F)[C@@H]1O)Oc1ccccc1. The van der Waals surface area contributed by atoms with Gasteiger partial charge in [0.25, 0.3) is 5.91 Å². The third-order valence-electron chi connectivity index (χ3n) is 6.58. The number of nitrogens with one attached hydrogen (secondary N) is 2. The highest BCUT2D eigenvalue weighted by Crippen LogP contribution is 2.47. The van der Waals surface area contributed by atoms with Gasteiger partial charge < -0.3 is 24.4 Å². The largest absolute Gasteiger partial charge is 0.462 e. The second-order valence-corrected chi connectivity index (χ2v) is 12.8. The van der Waals surface area contributed by atoms with Crippen LogP contribution in [0, 0.1) is 0 Å². The van der Waals surface area contributed by atoms with E-state index in [1.54, 1.807) is 32.0 Å². The van der Waals surface area contributed by atoms with Gasteiger partial charge in [0.05, 0.1) is 12.7 Å². The van der Waals surface area contributed by atoms with Crippen molar-refractivity contribution in [1.82, 2.24) is 14.6 Å². The van der Waals surface area contributed by atoms with E-state index >= 15 is 4.39 Å². The van der Waals surface area contributed by atoms with E-state index in [2.05, 4.69) is 15.4 Å². The second kappa shape index (κ2) is 14.2. The van der Waals surface area contributed by atoms with Crippen LogP contribution in [0.4, 0.5) is 10.2 Å². The minimum absolute atomic E-state index is 0.106. The second-order valence-electron chi connectivity index (χ2n) is 10.6. The monoisotopic (exact) mass is 666 g/mol. The van der Waals surface area contributed by atoms with Gasteiger partial charge in [0.15, 0.2) is 11.9 Å². The van der Waals surface area contributed by atoms with Crippen molar-refractivity contribution in [3.63, 3.8) is 0 Å². The summed E-state index contributed by atoms with van der Waals surface area (Å²) in [7, 11) is -4.36. The summed E-state index contributed by atoms with van der Waals surface area (Å²) in [5.41, 5.74) is -3.26. The quantitative estimate of drug-likeness (QED) is 0.187. The van der Waals surface area contributed by atoms with Crippen LogP contribution in [0.3, 0.4) is 0 Å². The zero-order valence-corrected chi connectivity index (χ0v) is 26.4. The number of halogens is 2. The lowest BCUT2D eigenvalue weighted by Gasteiger charge is -2.25. The van der Waals surface area contributed by atoms with Crippen molar-refractivity contribution in [2.75, 3.05) is 11.9 Å². The third-order valence-corrected chi connectivity index (χ3v) is 8.48. The Morgan fingerprint density at radius 3 is 2.44 bits per heavy atom. The first-order valence-electron chi connectivity index (χ1n) is 13.8. The minimum Gasteiger partial charge on any atom is -0.462 e. The Kier molecular flexibility index (Phi) is 10.8. The van der Waals surface area contributed by atoms with E-state index in [-0.39, 0.29) is 17.1 Å². The molecule has 0 saturated carbocycles. The highest BCUT2D eigenvalue weighted by Gasteiger charge is 2.56. The Hall–Kier alpha value is -3.65. The summed E-state index contributed by atoms with van der Waals surface area (Å²) in [6.07, 6.45) is -4.26. The Labute approximate surface area is 263 Å². The molecule has 2 heterocycles. The number of anilines is 1. The predicted octanol–water partition coefficient (Wildman–Crippen LogP) is 4.27. The molecule has 0 aliphatic carbocycles. The van der Waals surface area contributed by atoms with E-state index in [9.17, 15) is 24.1 Å². The molecule has 1 fully saturated rings. The van der Waals surface area contributed by atoms with Gasteiger partial charge in [-0.25, -0.2) is 13.8 Å². The molecule has 2 aromatic carbocycles. The van der Waals surface area contributed by atoms with Gasteiger partial charge >= 0.3 is 19.4 Å². The number of aliphatic hydroxyl groups is 1. The van der Waals surface area contributed by atoms with Crippen molar-refractivity contribution >= 4 is 37.0 Å². The highest BCUT2D eigenvalue weighted by atomic mass is 35.5. The van der Waals surface area contributed by atoms with Gasteiger partial charge in [-0.15, -0.1) is 0 Å². The summed E-state index contributed by atoms with van der Waals surface area (Å²) < 4.78 is 52.4. The molecule has 242 valence electrons. The minimum atomic E-state index is -4.36. The number of hydrogen-bond donors (Lipinski definition) is 3. The number of carbonyl (C=O) groups is 2. The van der Waals surface area contributed by atoms with Gasteiger partial charge in [0.2, 0.25) is 0 Å². The molecular formula is C29H33ClFN4O9P. The normalized spacial score (nSPS) is 23.2. The van der Waals surface area contributed by atoms with E-state index in [4.69, 9.17) is 30.1 Å². The van der Waals surface area contributed by atoms with Crippen molar-refractivity contribution in [3.8, 4) is 5.75 Å². The van der Waals surface area contributed by atoms with Gasteiger partial charge in [-0.3, -0.25) is 18.7 Å². The van der Waals surface area contributed by atoms with E-state index in [0.29, 0.717) is 5.02 Å². The number of aromatic nitrogens is 2. The summed E-state index contributed by atoms with van der Waals surface area (Å²) in [6.45, 7) is 5.04. The fraction of sp³-hybridized carbons (Fsp3) is 0.379. The summed E-state index contributed by atoms with van der Waals surface area (Å²) >= 11 is 5.84. The lowest BCUT2D eigenvalue weighted by molar-refractivity contribution is -0.149. The third kappa shape index (κ3) is 8.54. The average Bonchev–Trinajstić information content (AvgIpc) is 3.20. The zero-order valence-electron chi connectivity index (χ0n) is 24.8. The number of para-hydroxylation sites is 1. The van der Waals surface area contributed by atoms with Gasteiger partial charge in [0, 0.05) is 16.8 Å². The molecule has 1 aliphatic rings. The maximum Gasteiger partial charge on any atom is 0.459 e. The van der Waals surface area contributed by atoms with E-state index in [1.807, 2.05) is 0 Å². The Bertz CT molecular complexity index is 1610. The van der Waals surface area contributed by atoms with E-state index in [0.717, 1.165) is 17.7 Å². The van der Waals surface area contributed by atoms with Gasteiger partial charge in [-0.2, -0.15) is 10.1 Å². The molecule has 0 radical (unpaired) electrons. The molecule has 1 aliphatic heterocycles. The first kappa shape index (κ1) is 34.2. The van der Waals surface area contributed by atoms with Crippen LogP contribution in [0.1, 0.15) is 44.3 Å². The zero-order chi connectivity index (χ0) is 32.9. The molecule has 1 saturated heterocycles. The molecule has 0 spiro atoms. The number of nitrogens with zero attached hydrogens (tertiary/aromatic N) is 2. The number of benzene rings is 2. The average molecular weight is 667 g/mol. The fourth-order valence-electron chi connectivity index (χ4n) is 4.31. The first-order valence-corrected chi connectivity index (χ1v) is 15.8. The molecular weight excluding hydrogens is 634 g/mol. The molecule has 0 unspecified atom stereocenters. The topological polar surface area (TPSA) is 167 Å². The summed E-state index contributed by atoms with van der Waals surface area (Å²) in [5, 5.41) is 16.2. The van der Waals surface area contributed by atoms with Crippen molar-refractivity contribution in [2.24, 2.45) is 0 Å². The number of aliphatic hydroxyl groups excluding tert-OH is 1. The Balaban J connectivity index is 1.48. The van der Waals surface area contributed by atoms with Crippen molar-refractivity contribution in [3.05, 3.63) is 87.9 Å². The van der Waals surface area contributed by atoms with Crippen LogP contribution in [0.5, 0.6) is 5.75 Å². The van der Waals surface area contributed by atoms with Crippen LogP contribution in [-0.2, 0) is 23.4 Å². The number of rotatable bonds is 12. The van der Waals surface area contributed by atoms with Crippen LogP contribution in [0.25, 0.3) is 0 Å². The molecule has 4 rings (SSSR count). The molecule has 1 amide bonds. The fourth-order valence-corrected chi connectivity index (χ4v) is 5.94. The van der Waals surface area contributed by atoms with Crippen molar-refractivity contribution < 1.29 is 42.2 Å². The Morgan fingerprint density at radius 1 is 1.16 bits per heavy atom. The van der Waals surface area contributed by atoms with Crippen LogP contribution in [-0.4, -0.2) is 63.2 Å². The maximum atomic E-state index is 15.9. The Morgan fingerprint density at radius 2 is 1.82 bits per heavy atom. The smallest absolute Gasteiger partial charge is 0.459 e. The molecule has 45 heavy (non-hydrogen) atoms. The van der Waals surface area contributed by atoms with Gasteiger partial charge in [-0.05, 0) is 70.2 Å². The van der Waals surface area contributed by atoms with Gasteiger partial charge in [0.1, 0.15) is 29.8 Å². The van der Waals surface area contributed by atoms with Crippen LogP contribution in [0.15, 0.2) is 71.7 Å². The van der Waals surface area contributed by atoms with Crippen molar-refractivity contribution in [2.45, 2.75) is 63.9 Å². The number of esters is 1. The van der Waals surface area contributed by atoms with Crippen LogP contribution in [0.2, 0.25) is 5.02 Å². The molecule has 16 heteroatoms. The number of hydrogen-bond acceptors (Lipinski definition) is 10. The molecule has 6 atom stereocenters. The molecule has 3 N–H and O–H groups in total. The number of amides is 1. The number of carbonyl (C=O) groups excluding carboxylic acids is 2. The predicted molar refractivity (Wildman–Crippen MR) is 162 cm³/mol. The molecule has 1 aromatic heterocycles. The van der Waals surface area contributed by atoms with Crippen LogP contribution >= 0.6 is 19.3 Å². The summed E-state index contributed by atoms with van der Waals surface area (Å²) in [5.74, 6) is -1.25. The summed E-state index contributed by atoms with van der Waals surface area (Å²) in [6, 6.07) is 14.1. The molecule has 13 nitrogen and oxygen atoms in total.